The van der Waals surface area contributed by atoms with Gasteiger partial charge in [0, 0.05) is 0 Å². The van der Waals surface area contributed by atoms with E-state index >= 15 is 0 Å². The summed E-state index contributed by atoms with van der Waals surface area (Å²) in [5, 5.41) is 2.70. The van der Waals surface area contributed by atoms with E-state index in [4.69, 9.17) is 0 Å². The maximum atomic E-state index is 2.33. The molecular formula is C26H31Cl. The van der Waals surface area contributed by atoms with E-state index in [1.807, 2.05) is 0 Å². The van der Waals surface area contributed by atoms with Gasteiger partial charge in [-0.25, -0.2) is 0 Å². The molecule has 0 aromatic heterocycles. The molecule has 0 saturated heterocycles. The first-order valence-corrected chi connectivity index (χ1v) is 10.5. The van der Waals surface area contributed by atoms with E-state index in [9.17, 15) is 0 Å². The fourth-order valence-corrected chi connectivity index (χ4v) is 4.69. The van der Waals surface area contributed by atoms with Crippen molar-refractivity contribution in [3.63, 3.8) is 0 Å². The SMILES string of the molecule is Cl.c1ccc(-c2cccc3ccccc23)c(CCCCC2CCCCC2)c1. The van der Waals surface area contributed by atoms with Crippen molar-refractivity contribution in [3.05, 3.63) is 72.3 Å². The summed E-state index contributed by atoms with van der Waals surface area (Å²) in [7, 11) is 0. The minimum absolute atomic E-state index is 0. The van der Waals surface area contributed by atoms with Crippen molar-refractivity contribution >= 4 is 23.2 Å². The Hall–Kier alpha value is -1.79. The van der Waals surface area contributed by atoms with Crippen LogP contribution in [0.25, 0.3) is 21.9 Å². The third-order valence-corrected chi connectivity index (χ3v) is 6.13. The van der Waals surface area contributed by atoms with Gasteiger partial charge < -0.3 is 0 Å². The van der Waals surface area contributed by atoms with E-state index in [0.717, 1.165) is 5.92 Å². The first kappa shape index (κ1) is 20.0. The Labute approximate surface area is 170 Å². The van der Waals surface area contributed by atoms with Crippen LogP contribution in [0.15, 0.2) is 66.7 Å². The average molecular weight is 379 g/mol. The molecule has 27 heavy (non-hydrogen) atoms. The zero-order valence-corrected chi connectivity index (χ0v) is 17.0. The Balaban J connectivity index is 0.00000210. The summed E-state index contributed by atoms with van der Waals surface area (Å²) in [6.07, 6.45) is 12.7. The molecule has 0 amide bonds. The molecule has 0 spiro atoms. The van der Waals surface area contributed by atoms with Gasteiger partial charge in [-0.2, -0.15) is 0 Å². The van der Waals surface area contributed by atoms with Crippen LogP contribution in [0.1, 0.15) is 56.9 Å². The van der Waals surface area contributed by atoms with Crippen LogP contribution in [0.3, 0.4) is 0 Å². The molecule has 1 heteroatoms. The van der Waals surface area contributed by atoms with Crippen LogP contribution < -0.4 is 0 Å². The second-order valence-electron chi connectivity index (χ2n) is 7.93. The topological polar surface area (TPSA) is 0 Å². The molecule has 1 aliphatic carbocycles. The summed E-state index contributed by atoms with van der Waals surface area (Å²) >= 11 is 0. The van der Waals surface area contributed by atoms with Gasteiger partial charge in [0.1, 0.15) is 0 Å². The summed E-state index contributed by atoms with van der Waals surface area (Å²) in [4.78, 5) is 0. The predicted molar refractivity (Wildman–Crippen MR) is 121 cm³/mol. The first-order chi connectivity index (χ1) is 12.9. The minimum Gasteiger partial charge on any atom is -0.147 e. The average Bonchev–Trinajstić information content (AvgIpc) is 2.72. The second kappa shape index (κ2) is 9.95. The summed E-state index contributed by atoms with van der Waals surface area (Å²) in [6, 6.07) is 24.5. The van der Waals surface area contributed by atoms with Gasteiger partial charge in [-0.1, -0.05) is 112 Å². The standard InChI is InChI=1S/C26H30.ClH/c1-2-11-21(12-3-1)13-4-5-14-22-15-6-8-18-24(22)26-20-10-17-23-16-7-9-19-25(23)26;/h6-10,15-21H,1-5,11-14H2;1H. The smallest absolute Gasteiger partial charge is 0.0103 e. The molecule has 0 heterocycles. The molecule has 1 fully saturated rings. The molecule has 1 saturated carbocycles. The highest BCUT2D eigenvalue weighted by Gasteiger charge is 2.13. The Morgan fingerprint density at radius 1 is 0.667 bits per heavy atom. The van der Waals surface area contributed by atoms with Gasteiger partial charge in [-0.3, -0.25) is 0 Å². The number of aryl methyl sites for hydroxylation is 1. The van der Waals surface area contributed by atoms with Gasteiger partial charge in [0.15, 0.2) is 0 Å². The first-order valence-electron chi connectivity index (χ1n) is 10.5. The van der Waals surface area contributed by atoms with E-state index in [1.54, 1.807) is 0 Å². The Kier molecular flexibility index (Phi) is 7.35. The highest BCUT2D eigenvalue weighted by molar-refractivity contribution is 5.97. The Morgan fingerprint density at radius 3 is 2.26 bits per heavy atom. The maximum Gasteiger partial charge on any atom is -0.0103 e. The summed E-state index contributed by atoms with van der Waals surface area (Å²) < 4.78 is 0. The predicted octanol–water partition coefficient (Wildman–Crippen LogP) is 8.22. The second-order valence-corrected chi connectivity index (χ2v) is 7.93. The van der Waals surface area contributed by atoms with Gasteiger partial charge in [0.2, 0.25) is 0 Å². The summed E-state index contributed by atoms with van der Waals surface area (Å²) in [5.74, 6) is 1.01. The summed E-state index contributed by atoms with van der Waals surface area (Å²) in [5.41, 5.74) is 4.31. The number of fused-ring (bicyclic) bond motifs is 1. The van der Waals surface area contributed by atoms with Crippen LogP contribution in [0.4, 0.5) is 0 Å². The van der Waals surface area contributed by atoms with Gasteiger partial charge in [0.25, 0.3) is 0 Å². The Bertz CT molecular complexity index is 840. The monoisotopic (exact) mass is 378 g/mol. The number of benzene rings is 3. The maximum absolute atomic E-state index is 2.33. The lowest BCUT2D eigenvalue weighted by molar-refractivity contribution is 0.330. The van der Waals surface area contributed by atoms with E-state index in [1.165, 1.54) is 85.3 Å². The van der Waals surface area contributed by atoms with Crippen molar-refractivity contribution in [2.75, 3.05) is 0 Å². The lowest BCUT2D eigenvalue weighted by Crippen LogP contribution is -2.06. The van der Waals surface area contributed by atoms with Crippen LogP contribution >= 0.6 is 12.4 Å². The molecule has 3 aromatic carbocycles. The highest BCUT2D eigenvalue weighted by Crippen LogP contribution is 2.32. The number of unbranched alkanes of at least 4 members (excludes halogenated alkanes) is 1. The van der Waals surface area contributed by atoms with Crippen molar-refractivity contribution in [1.82, 2.24) is 0 Å². The zero-order valence-electron chi connectivity index (χ0n) is 16.2. The van der Waals surface area contributed by atoms with Crippen molar-refractivity contribution in [2.24, 2.45) is 5.92 Å². The third-order valence-electron chi connectivity index (χ3n) is 6.13. The van der Waals surface area contributed by atoms with Crippen LogP contribution in [-0.2, 0) is 6.42 Å². The molecule has 0 nitrogen and oxygen atoms in total. The Morgan fingerprint density at radius 2 is 1.37 bits per heavy atom. The molecule has 3 aromatic rings. The van der Waals surface area contributed by atoms with Crippen LogP contribution in [-0.4, -0.2) is 0 Å². The van der Waals surface area contributed by atoms with Crippen molar-refractivity contribution in [2.45, 2.75) is 57.8 Å². The molecule has 4 rings (SSSR count). The van der Waals surface area contributed by atoms with Gasteiger partial charge in [0.05, 0.1) is 0 Å². The lowest BCUT2D eigenvalue weighted by Gasteiger charge is -2.21. The van der Waals surface area contributed by atoms with Crippen LogP contribution in [0, 0.1) is 5.92 Å². The van der Waals surface area contributed by atoms with Gasteiger partial charge in [-0.15, -0.1) is 12.4 Å². The third kappa shape index (κ3) is 4.93. The molecule has 1 aliphatic rings. The number of halogens is 1. The molecule has 0 aliphatic heterocycles. The van der Waals surface area contributed by atoms with Crippen LogP contribution in [0.2, 0.25) is 0 Å². The van der Waals surface area contributed by atoms with Crippen molar-refractivity contribution in [3.8, 4) is 11.1 Å². The van der Waals surface area contributed by atoms with E-state index in [0.29, 0.717) is 0 Å². The highest BCUT2D eigenvalue weighted by atomic mass is 35.5. The summed E-state index contributed by atoms with van der Waals surface area (Å²) in [6.45, 7) is 0. The minimum atomic E-state index is 0. The normalized spacial score (nSPS) is 14.8. The molecule has 0 radical (unpaired) electrons. The van der Waals surface area contributed by atoms with Gasteiger partial charge in [-0.05, 0) is 46.2 Å². The largest absolute Gasteiger partial charge is 0.147 e. The molecular weight excluding hydrogens is 348 g/mol. The molecule has 0 atom stereocenters. The van der Waals surface area contributed by atoms with Gasteiger partial charge >= 0.3 is 0 Å². The molecule has 0 unspecified atom stereocenters. The number of rotatable bonds is 6. The van der Waals surface area contributed by atoms with Crippen molar-refractivity contribution < 1.29 is 0 Å². The van der Waals surface area contributed by atoms with E-state index in [-0.39, 0.29) is 12.4 Å². The van der Waals surface area contributed by atoms with Crippen molar-refractivity contribution in [1.29, 1.82) is 0 Å². The molecule has 0 N–H and O–H groups in total. The quantitative estimate of drug-likeness (QED) is 0.379. The lowest BCUT2D eigenvalue weighted by atomic mass is 9.85. The van der Waals surface area contributed by atoms with Crippen LogP contribution in [0.5, 0.6) is 0 Å². The molecule has 142 valence electrons. The zero-order chi connectivity index (χ0) is 17.6. The fraction of sp³-hybridized carbons (Fsp3) is 0.385. The van der Waals surface area contributed by atoms with E-state index < -0.39 is 0 Å². The number of hydrogen-bond donors (Lipinski definition) is 0. The fourth-order valence-electron chi connectivity index (χ4n) is 4.69. The van der Waals surface area contributed by atoms with E-state index in [2.05, 4.69) is 66.7 Å². The molecule has 0 bridgehead atoms. The number of hydrogen-bond acceptors (Lipinski definition) is 0.